The van der Waals surface area contributed by atoms with Crippen molar-refractivity contribution in [2.75, 3.05) is 0 Å². The van der Waals surface area contributed by atoms with Crippen LogP contribution in [0.5, 0.6) is 0 Å². The van der Waals surface area contributed by atoms with Crippen molar-refractivity contribution in [3.63, 3.8) is 0 Å². The summed E-state index contributed by atoms with van der Waals surface area (Å²) in [5.74, 6) is 0. The number of hydrogen-bond donors (Lipinski definition) is 0. The van der Waals surface area contributed by atoms with Crippen LogP contribution >= 0.6 is 0 Å². The first-order valence-corrected chi connectivity index (χ1v) is 4.80. The molecule has 0 heterocycles. The fraction of sp³-hybridized carbons (Fsp3) is 0.500. The molecular weight excluding hydrogens is 144 g/mol. The highest BCUT2D eigenvalue weighted by Crippen LogP contribution is 2.21. The molecule has 1 aliphatic rings. The summed E-state index contributed by atoms with van der Waals surface area (Å²) in [4.78, 5) is 0. The second kappa shape index (κ2) is 4.30. The van der Waals surface area contributed by atoms with E-state index in [0.29, 0.717) is 0 Å². The Bertz CT molecular complexity index is 235. The van der Waals surface area contributed by atoms with Gasteiger partial charge in [0.25, 0.3) is 0 Å². The van der Waals surface area contributed by atoms with Crippen LogP contribution in [0, 0.1) is 0 Å². The van der Waals surface area contributed by atoms with E-state index in [2.05, 4.69) is 39.0 Å². The molecule has 0 saturated carbocycles. The van der Waals surface area contributed by atoms with Gasteiger partial charge in [0.1, 0.15) is 0 Å². The van der Waals surface area contributed by atoms with Gasteiger partial charge in [-0.05, 0) is 37.8 Å². The van der Waals surface area contributed by atoms with Crippen molar-refractivity contribution in [2.45, 2.75) is 40.0 Å². The van der Waals surface area contributed by atoms with Crippen LogP contribution in [0.15, 0.2) is 34.9 Å². The van der Waals surface area contributed by atoms with E-state index in [1.54, 1.807) is 0 Å². The summed E-state index contributed by atoms with van der Waals surface area (Å²) < 4.78 is 0. The molecule has 0 aromatic carbocycles. The molecule has 0 aromatic heterocycles. The van der Waals surface area contributed by atoms with Gasteiger partial charge in [0, 0.05) is 0 Å². The fourth-order valence-electron chi connectivity index (χ4n) is 1.34. The minimum Gasteiger partial charge on any atom is -0.0692 e. The van der Waals surface area contributed by atoms with E-state index >= 15 is 0 Å². The van der Waals surface area contributed by atoms with Crippen LogP contribution in [-0.4, -0.2) is 0 Å². The van der Waals surface area contributed by atoms with Crippen molar-refractivity contribution >= 4 is 0 Å². The van der Waals surface area contributed by atoms with Crippen LogP contribution < -0.4 is 0 Å². The normalized spacial score (nSPS) is 15.2. The van der Waals surface area contributed by atoms with Crippen LogP contribution in [0.3, 0.4) is 0 Å². The van der Waals surface area contributed by atoms with Gasteiger partial charge in [-0.2, -0.15) is 0 Å². The monoisotopic (exact) mass is 162 g/mol. The Morgan fingerprint density at radius 1 is 1.25 bits per heavy atom. The Morgan fingerprint density at radius 2 is 2.00 bits per heavy atom. The van der Waals surface area contributed by atoms with E-state index in [1.165, 1.54) is 36.0 Å². The van der Waals surface area contributed by atoms with Gasteiger partial charge in [-0.15, -0.1) is 0 Å². The average molecular weight is 162 g/mol. The van der Waals surface area contributed by atoms with Crippen molar-refractivity contribution in [2.24, 2.45) is 0 Å². The van der Waals surface area contributed by atoms with Crippen LogP contribution in [-0.2, 0) is 0 Å². The summed E-state index contributed by atoms with van der Waals surface area (Å²) in [6.45, 7) is 6.57. The highest BCUT2D eigenvalue weighted by Gasteiger charge is 2.02. The van der Waals surface area contributed by atoms with Crippen molar-refractivity contribution in [1.82, 2.24) is 0 Å². The second-order valence-electron chi connectivity index (χ2n) is 3.61. The molecule has 1 aliphatic carbocycles. The third-order valence-electron chi connectivity index (χ3n) is 2.21. The first kappa shape index (κ1) is 9.31. The molecule has 1 rings (SSSR count). The predicted molar refractivity (Wildman–Crippen MR) is 55.1 cm³/mol. The van der Waals surface area contributed by atoms with Crippen molar-refractivity contribution in [3.8, 4) is 0 Å². The first-order chi connectivity index (χ1) is 5.74. The van der Waals surface area contributed by atoms with Gasteiger partial charge < -0.3 is 0 Å². The molecule has 0 atom stereocenters. The SMILES string of the molecule is CCCCC1=CC(=C(C)C)C=C1. The molecule has 0 spiro atoms. The van der Waals surface area contributed by atoms with Crippen LogP contribution in [0.4, 0.5) is 0 Å². The van der Waals surface area contributed by atoms with Crippen LogP contribution in [0.1, 0.15) is 40.0 Å². The molecule has 0 aromatic rings. The van der Waals surface area contributed by atoms with Crippen LogP contribution in [0.25, 0.3) is 0 Å². The largest absolute Gasteiger partial charge is 0.0692 e. The van der Waals surface area contributed by atoms with E-state index in [1.807, 2.05) is 0 Å². The summed E-state index contributed by atoms with van der Waals surface area (Å²) in [6, 6.07) is 0. The predicted octanol–water partition coefficient (Wildman–Crippen LogP) is 4.01. The summed E-state index contributed by atoms with van der Waals surface area (Å²) in [5.41, 5.74) is 4.31. The topological polar surface area (TPSA) is 0 Å². The molecule has 0 aliphatic heterocycles. The van der Waals surface area contributed by atoms with E-state index < -0.39 is 0 Å². The number of hydrogen-bond acceptors (Lipinski definition) is 0. The maximum Gasteiger partial charge on any atom is -0.0267 e. The third-order valence-corrected chi connectivity index (χ3v) is 2.21. The maximum atomic E-state index is 2.31. The van der Waals surface area contributed by atoms with E-state index in [4.69, 9.17) is 0 Å². The molecule has 0 fully saturated rings. The minimum atomic E-state index is 1.24. The molecule has 0 saturated heterocycles. The molecule has 0 bridgehead atoms. The van der Waals surface area contributed by atoms with Gasteiger partial charge in [-0.3, -0.25) is 0 Å². The molecule has 0 radical (unpaired) electrons. The smallest absolute Gasteiger partial charge is 0.0267 e. The highest BCUT2D eigenvalue weighted by molar-refractivity contribution is 5.47. The molecular formula is C12H18. The van der Waals surface area contributed by atoms with E-state index in [-0.39, 0.29) is 0 Å². The first-order valence-electron chi connectivity index (χ1n) is 4.80. The Hall–Kier alpha value is -0.780. The molecule has 0 nitrogen and oxygen atoms in total. The fourth-order valence-corrected chi connectivity index (χ4v) is 1.34. The molecule has 0 N–H and O–H groups in total. The Balaban J connectivity index is 2.56. The quantitative estimate of drug-likeness (QED) is 0.588. The molecule has 0 amide bonds. The molecule has 0 heteroatoms. The summed E-state index contributed by atoms with van der Waals surface area (Å²) >= 11 is 0. The standard InChI is InChI=1S/C12H18/c1-4-5-6-11-7-8-12(9-11)10(2)3/h7-9H,4-6H2,1-3H3. The molecule has 0 unspecified atom stereocenters. The zero-order valence-corrected chi connectivity index (χ0v) is 8.35. The van der Waals surface area contributed by atoms with Crippen molar-refractivity contribution in [1.29, 1.82) is 0 Å². The van der Waals surface area contributed by atoms with Crippen molar-refractivity contribution < 1.29 is 0 Å². The second-order valence-corrected chi connectivity index (χ2v) is 3.61. The number of unbranched alkanes of at least 4 members (excludes halogenated alkanes) is 1. The van der Waals surface area contributed by atoms with Gasteiger partial charge in [-0.25, -0.2) is 0 Å². The lowest BCUT2D eigenvalue weighted by molar-refractivity contribution is 0.799. The lowest BCUT2D eigenvalue weighted by Gasteiger charge is -1.95. The van der Waals surface area contributed by atoms with Gasteiger partial charge in [0.2, 0.25) is 0 Å². The number of allylic oxidation sites excluding steroid dienone is 6. The maximum absolute atomic E-state index is 2.31. The lowest BCUT2D eigenvalue weighted by Crippen LogP contribution is -1.76. The van der Waals surface area contributed by atoms with Gasteiger partial charge >= 0.3 is 0 Å². The van der Waals surface area contributed by atoms with Gasteiger partial charge in [0.05, 0.1) is 0 Å². The summed E-state index contributed by atoms with van der Waals surface area (Å²) in [6.07, 6.45) is 10.6. The van der Waals surface area contributed by atoms with Crippen molar-refractivity contribution in [3.05, 3.63) is 34.9 Å². The summed E-state index contributed by atoms with van der Waals surface area (Å²) in [5, 5.41) is 0. The Morgan fingerprint density at radius 3 is 2.50 bits per heavy atom. The zero-order valence-electron chi connectivity index (χ0n) is 8.35. The zero-order chi connectivity index (χ0) is 8.97. The Labute approximate surface area is 75.7 Å². The summed E-state index contributed by atoms with van der Waals surface area (Å²) in [7, 11) is 0. The van der Waals surface area contributed by atoms with E-state index in [9.17, 15) is 0 Å². The Kier molecular flexibility index (Phi) is 3.33. The lowest BCUT2D eigenvalue weighted by atomic mass is 10.1. The minimum absolute atomic E-state index is 1.24. The van der Waals surface area contributed by atoms with E-state index in [0.717, 1.165) is 0 Å². The van der Waals surface area contributed by atoms with Gasteiger partial charge in [-0.1, -0.05) is 37.1 Å². The number of rotatable bonds is 3. The third kappa shape index (κ3) is 2.37. The highest BCUT2D eigenvalue weighted by atomic mass is 14.1. The van der Waals surface area contributed by atoms with Gasteiger partial charge in [0.15, 0.2) is 0 Å². The molecule has 12 heavy (non-hydrogen) atoms. The molecule has 66 valence electrons. The van der Waals surface area contributed by atoms with Crippen LogP contribution in [0.2, 0.25) is 0 Å². The average Bonchev–Trinajstić information content (AvgIpc) is 2.48.